The van der Waals surface area contributed by atoms with Crippen LogP contribution in [0.15, 0.2) is 0 Å². The van der Waals surface area contributed by atoms with Gasteiger partial charge in [-0.05, 0) is 83.1 Å². The van der Waals surface area contributed by atoms with Gasteiger partial charge in [0, 0.05) is 21.7 Å². The SMILES string of the molecule is CC(C)(C)C#[C][Al-]([C]#CC(C)(C)C)([C]#CC(C)(C)C)[C]#CC(C)(C)C.[Li+]. The zero-order chi connectivity index (χ0) is 20.2. The first-order valence-electron chi connectivity index (χ1n) is 9.15. The van der Waals surface area contributed by atoms with Crippen molar-refractivity contribution in [1.29, 1.82) is 0 Å². The molecule has 0 bridgehead atoms. The molecular formula is C24H36AlLi. The van der Waals surface area contributed by atoms with Crippen molar-refractivity contribution in [3.8, 4) is 42.8 Å². The van der Waals surface area contributed by atoms with Crippen LogP contribution in [-0.2, 0) is 0 Å². The first kappa shape index (κ1) is 27.6. The molecular weight excluding hydrogens is 322 g/mol. The van der Waals surface area contributed by atoms with Crippen LogP contribution in [0, 0.1) is 64.5 Å². The molecule has 0 radical (unpaired) electrons. The van der Waals surface area contributed by atoms with Crippen molar-refractivity contribution in [3.63, 3.8) is 0 Å². The predicted octanol–water partition coefficient (Wildman–Crippen LogP) is 2.79. The van der Waals surface area contributed by atoms with E-state index < -0.39 is 13.1 Å². The second-order valence-corrected chi connectivity index (χ2v) is 13.8. The molecule has 0 amide bonds. The van der Waals surface area contributed by atoms with Crippen LogP contribution in [0.4, 0.5) is 0 Å². The molecule has 0 aliphatic heterocycles. The monoisotopic (exact) mass is 358 g/mol. The number of rotatable bonds is 0. The van der Waals surface area contributed by atoms with E-state index in [-0.39, 0.29) is 40.5 Å². The largest absolute Gasteiger partial charge is 1.00 e. The standard InChI is InChI=1S/4C6H9.Al.Li/c4*1-5-6(2,3)4;;/h4*2-4H3;;/q;;;;-1;+1. The summed E-state index contributed by atoms with van der Waals surface area (Å²) in [6.07, 6.45) is 0. The Hall–Kier alpha value is -0.630. The molecule has 0 aliphatic rings. The van der Waals surface area contributed by atoms with Crippen LogP contribution in [0.3, 0.4) is 0 Å². The summed E-state index contributed by atoms with van der Waals surface area (Å²) in [7, 11) is 0. The van der Waals surface area contributed by atoms with Gasteiger partial charge in [0.25, 0.3) is 0 Å². The summed E-state index contributed by atoms with van der Waals surface area (Å²) < 4.78 is 0. The van der Waals surface area contributed by atoms with Crippen LogP contribution in [-0.4, -0.2) is 13.1 Å². The molecule has 0 aromatic carbocycles. The molecule has 0 nitrogen and oxygen atoms in total. The van der Waals surface area contributed by atoms with E-state index in [9.17, 15) is 0 Å². The van der Waals surface area contributed by atoms with Crippen molar-refractivity contribution >= 4 is 13.1 Å². The summed E-state index contributed by atoms with van der Waals surface area (Å²) in [4.78, 5) is 13.9. The summed E-state index contributed by atoms with van der Waals surface area (Å²) in [6, 6.07) is 0. The molecule has 26 heavy (non-hydrogen) atoms. The Morgan fingerprint density at radius 2 is 0.538 bits per heavy atom. The number of hydrogen-bond donors (Lipinski definition) is 0. The van der Waals surface area contributed by atoms with Crippen molar-refractivity contribution in [2.75, 3.05) is 0 Å². The fourth-order valence-corrected chi connectivity index (χ4v) is 4.55. The molecule has 0 rings (SSSR count). The average Bonchev–Trinajstić information content (AvgIpc) is 2.33. The van der Waals surface area contributed by atoms with Gasteiger partial charge < -0.3 is 19.1 Å². The van der Waals surface area contributed by atoms with Crippen molar-refractivity contribution in [3.05, 3.63) is 0 Å². The van der Waals surface area contributed by atoms with Crippen LogP contribution < -0.4 is 18.9 Å². The first-order chi connectivity index (χ1) is 10.8. The topological polar surface area (TPSA) is 0 Å². The van der Waals surface area contributed by atoms with E-state index in [1.165, 1.54) is 0 Å². The summed E-state index contributed by atoms with van der Waals surface area (Å²) in [5.74, 6) is 13.6. The zero-order valence-corrected chi connectivity index (χ0v) is 20.7. The third kappa shape index (κ3) is 15.6. The van der Waals surface area contributed by atoms with E-state index in [2.05, 4.69) is 126 Å². The van der Waals surface area contributed by atoms with Crippen LogP contribution >= 0.6 is 0 Å². The normalized spacial score (nSPS) is 11.8. The first-order valence-corrected chi connectivity index (χ1v) is 11.5. The Bertz CT molecular complexity index is 579. The molecule has 0 saturated heterocycles. The number of hydrogen-bond acceptors (Lipinski definition) is 0. The van der Waals surface area contributed by atoms with Gasteiger partial charge >= 0.3 is 31.9 Å². The van der Waals surface area contributed by atoms with Gasteiger partial charge in [-0.2, -0.15) is 23.7 Å². The minimum atomic E-state index is -3.03. The Balaban J connectivity index is 0. The summed E-state index contributed by atoms with van der Waals surface area (Å²) in [5, 5.41) is 0. The molecule has 2 heteroatoms. The van der Waals surface area contributed by atoms with E-state index in [0.29, 0.717) is 0 Å². The summed E-state index contributed by atoms with van der Waals surface area (Å²) in [6.45, 7) is 25.4. The van der Waals surface area contributed by atoms with E-state index in [1.54, 1.807) is 0 Å². The van der Waals surface area contributed by atoms with Crippen LogP contribution in [0.1, 0.15) is 83.1 Å². The van der Waals surface area contributed by atoms with E-state index in [1.807, 2.05) is 0 Å². The van der Waals surface area contributed by atoms with Crippen LogP contribution in [0.25, 0.3) is 0 Å². The molecule has 0 fully saturated rings. The molecule has 0 aromatic rings. The maximum absolute atomic E-state index is 3.49. The Morgan fingerprint density at radius 1 is 0.385 bits per heavy atom. The zero-order valence-electron chi connectivity index (χ0n) is 19.6. The summed E-state index contributed by atoms with van der Waals surface area (Å²) >= 11 is -3.03. The fraction of sp³-hybridized carbons (Fsp3) is 0.667. The second kappa shape index (κ2) is 9.53. The third-order valence-electron chi connectivity index (χ3n) is 2.65. The smallest absolute Gasteiger partial charge is 0.311 e. The molecule has 0 saturated carbocycles. The van der Waals surface area contributed by atoms with Gasteiger partial charge in [0.2, 0.25) is 0 Å². The van der Waals surface area contributed by atoms with Crippen LogP contribution in [0.5, 0.6) is 0 Å². The van der Waals surface area contributed by atoms with Crippen molar-refractivity contribution in [2.24, 2.45) is 21.7 Å². The minimum Gasteiger partial charge on any atom is -0.311 e. The summed E-state index contributed by atoms with van der Waals surface area (Å²) in [5.41, 5.74) is -0.327. The maximum atomic E-state index is 3.49. The quantitative estimate of drug-likeness (QED) is 0.461. The molecule has 0 spiro atoms. The third-order valence-corrected chi connectivity index (χ3v) is 4.96. The van der Waals surface area contributed by atoms with E-state index in [4.69, 9.17) is 0 Å². The van der Waals surface area contributed by atoms with Crippen LogP contribution in [0.2, 0.25) is 0 Å². The van der Waals surface area contributed by atoms with Gasteiger partial charge in [0.1, 0.15) is 0 Å². The Kier molecular flexibility index (Phi) is 10.1. The van der Waals surface area contributed by atoms with Gasteiger partial charge in [-0.25, -0.2) is 0 Å². The van der Waals surface area contributed by atoms with Gasteiger partial charge in [0.05, 0.1) is 0 Å². The van der Waals surface area contributed by atoms with Gasteiger partial charge in [0.15, 0.2) is 0 Å². The van der Waals surface area contributed by atoms with Gasteiger partial charge in [-0.1, -0.05) is 0 Å². The molecule has 0 heterocycles. The Morgan fingerprint density at radius 3 is 0.654 bits per heavy atom. The second-order valence-electron chi connectivity index (χ2n) is 10.9. The van der Waals surface area contributed by atoms with Crippen molar-refractivity contribution in [2.45, 2.75) is 83.1 Å². The van der Waals surface area contributed by atoms with E-state index >= 15 is 0 Å². The maximum Gasteiger partial charge on any atom is 1.00 e. The van der Waals surface area contributed by atoms with Crippen molar-refractivity contribution < 1.29 is 18.9 Å². The molecule has 0 atom stereocenters. The molecule has 0 aliphatic carbocycles. The predicted molar refractivity (Wildman–Crippen MR) is 115 cm³/mol. The minimum absolute atomic E-state index is 0. The van der Waals surface area contributed by atoms with Gasteiger partial charge in [-0.15, -0.1) is 0 Å². The van der Waals surface area contributed by atoms with Gasteiger partial charge in [-0.3, -0.25) is 0 Å². The van der Waals surface area contributed by atoms with E-state index in [0.717, 1.165) is 0 Å². The molecule has 0 N–H and O–H groups in total. The fourth-order valence-electron chi connectivity index (χ4n) is 1.52. The Labute approximate surface area is 178 Å². The molecule has 136 valence electrons. The van der Waals surface area contributed by atoms with Crippen molar-refractivity contribution in [1.82, 2.24) is 0 Å². The molecule has 0 unspecified atom stereocenters. The molecule has 0 aromatic heterocycles. The average molecular weight is 358 g/mol.